The number of primary amides is 1. The van der Waals surface area contributed by atoms with Crippen molar-refractivity contribution in [2.75, 3.05) is 18.0 Å². The zero-order chi connectivity index (χ0) is 13.1. The number of benzene rings is 1. The van der Waals surface area contributed by atoms with E-state index in [1.165, 1.54) is 12.1 Å². The van der Waals surface area contributed by atoms with Crippen molar-refractivity contribution in [2.45, 2.75) is 12.8 Å². The highest BCUT2D eigenvalue weighted by Gasteiger charge is 2.24. The van der Waals surface area contributed by atoms with Crippen molar-refractivity contribution in [3.63, 3.8) is 0 Å². The minimum atomic E-state index is -0.413. The summed E-state index contributed by atoms with van der Waals surface area (Å²) < 4.78 is 0. The van der Waals surface area contributed by atoms with Crippen molar-refractivity contribution in [3.8, 4) is 0 Å². The lowest BCUT2D eigenvalue weighted by Crippen LogP contribution is -2.22. The van der Waals surface area contributed by atoms with E-state index in [1.54, 1.807) is 12.1 Å². The molecular formula is C12H15N3O3. The fourth-order valence-electron chi connectivity index (χ4n) is 2.30. The number of nitro groups is 1. The van der Waals surface area contributed by atoms with Gasteiger partial charge in [0, 0.05) is 37.3 Å². The minimum Gasteiger partial charge on any atom is -0.371 e. The Balaban J connectivity index is 2.01. The van der Waals surface area contributed by atoms with Gasteiger partial charge in [-0.3, -0.25) is 14.9 Å². The van der Waals surface area contributed by atoms with Crippen molar-refractivity contribution in [3.05, 3.63) is 34.4 Å². The van der Waals surface area contributed by atoms with Crippen LogP contribution in [0.2, 0.25) is 0 Å². The molecule has 0 aromatic heterocycles. The molecule has 2 rings (SSSR count). The normalized spacial score (nSPS) is 18.9. The average molecular weight is 249 g/mol. The molecule has 6 heteroatoms. The smallest absolute Gasteiger partial charge is 0.269 e. The Kier molecular flexibility index (Phi) is 3.45. The third-order valence-electron chi connectivity index (χ3n) is 3.20. The Morgan fingerprint density at radius 1 is 1.44 bits per heavy atom. The molecule has 2 N–H and O–H groups in total. The summed E-state index contributed by atoms with van der Waals surface area (Å²) in [5.41, 5.74) is 6.22. The monoisotopic (exact) mass is 249 g/mol. The highest BCUT2D eigenvalue weighted by molar-refractivity contribution is 5.74. The van der Waals surface area contributed by atoms with E-state index in [9.17, 15) is 14.9 Å². The number of rotatable bonds is 4. The molecule has 0 bridgehead atoms. The summed E-state index contributed by atoms with van der Waals surface area (Å²) in [5.74, 6) is 0.0169. The van der Waals surface area contributed by atoms with E-state index < -0.39 is 4.92 Å². The van der Waals surface area contributed by atoms with Gasteiger partial charge in [0.05, 0.1) is 4.92 Å². The summed E-state index contributed by atoms with van der Waals surface area (Å²) in [6.45, 7) is 1.64. The quantitative estimate of drug-likeness (QED) is 0.643. The number of hydrogen-bond donors (Lipinski definition) is 1. The maximum atomic E-state index is 10.8. The molecule has 0 saturated carbocycles. The first kappa shape index (κ1) is 12.3. The van der Waals surface area contributed by atoms with Crippen molar-refractivity contribution < 1.29 is 9.72 Å². The standard InChI is InChI=1S/C12H15N3O3/c13-12(16)7-9-5-6-14(8-9)10-1-3-11(4-2-10)15(17)18/h1-4,9H,5-8H2,(H2,13,16)/t9-/m1/s1. The number of nitrogens with zero attached hydrogens (tertiary/aromatic N) is 2. The molecule has 0 aliphatic carbocycles. The van der Waals surface area contributed by atoms with Crippen LogP contribution in [0.5, 0.6) is 0 Å². The zero-order valence-corrected chi connectivity index (χ0v) is 9.91. The number of carbonyl (C=O) groups excluding carboxylic acids is 1. The van der Waals surface area contributed by atoms with E-state index in [4.69, 9.17) is 5.73 Å². The van der Waals surface area contributed by atoms with Gasteiger partial charge in [0.1, 0.15) is 0 Å². The molecule has 1 fully saturated rings. The lowest BCUT2D eigenvalue weighted by Gasteiger charge is -2.18. The SMILES string of the molecule is NC(=O)C[C@H]1CCN(c2ccc([N+](=O)[O-])cc2)C1. The van der Waals surface area contributed by atoms with Crippen LogP contribution in [0.3, 0.4) is 0 Å². The van der Waals surface area contributed by atoms with Crippen LogP contribution in [0.1, 0.15) is 12.8 Å². The highest BCUT2D eigenvalue weighted by Crippen LogP contribution is 2.26. The van der Waals surface area contributed by atoms with Crippen molar-refractivity contribution in [2.24, 2.45) is 11.7 Å². The van der Waals surface area contributed by atoms with Crippen LogP contribution in [-0.2, 0) is 4.79 Å². The van der Waals surface area contributed by atoms with Crippen LogP contribution in [0, 0.1) is 16.0 Å². The van der Waals surface area contributed by atoms with Gasteiger partial charge in [-0.2, -0.15) is 0 Å². The van der Waals surface area contributed by atoms with E-state index in [0.29, 0.717) is 6.42 Å². The van der Waals surface area contributed by atoms with E-state index in [1.807, 2.05) is 0 Å². The van der Waals surface area contributed by atoms with Gasteiger partial charge in [0.25, 0.3) is 5.69 Å². The molecule has 1 aromatic carbocycles. The molecule has 0 radical (unpaired) electrons. The number of nitro benzene ring substituents is 1. The first-order valence-electron chi connectivity index (χ1n) is 5.84. The van der Waals surface area contributed by atoms with E-state index in [-0.39, 0.29) is 17.5 Å². The van der Waals surface area contributed by atoms with Crippen LogP contribution in [-0.4, -0.2) is 23.9 Å². The molecule has 1 heterocycles. The van der Waals surface area contributed by atoms with Gasteiger partial charge in [-0.1, -0.05) is 0 Å². The van der Waals surface area contributed by atoms with Crippen molar-refractivity contribution in [1.82, 2.24) is 0 Å². The Bertz CT molecular complexity index is 458. The summed E-state index contributed by atoms with van der Waals surface area (Å²) >= 11 is 0. The summed E-state index contributed by atoms with van der Waals surface area (Å²) in [5, 5.41) is 10.5. The first-order valence-corrected chi connectivity index (χ1v) is 5.84. The number of hydrogen-bond acceptors (Lipinski definition) is 4. The number of nitrogens with two attached hydrogens (primary N) is 1. The van der Waals surface area contributed by atoms with Crippen LogP contribution < -0.4 is 10.6 Å². The molecule has 1 atom stereocenters. The number of anilines is 1. The predicted molar refractivity (Wildman–Crippen MR) is 67.2 cm³/mol. The van der Waals surface area contributed by atoms with E-state index in [0.717, 1.165) is 25.2 Å². The third kappa shape index (κ3) is 2.77. The second-order valence-corrected chi connectivity index (χ2v) is 4.54. The third-order valence-corrected chi connectivity index (χ3v) is 3.20. The Morgan fingerprint density at radius 3 is 2.67 bits per heavy atom. The van der Waals surface area contributed by atoms with Crippen LogP contribution in [0.25, 0.3) is 0 Å². The Labute approximate surface area is 105 Å². The predicted octanol–water partition coefficient (Wildman–Crippen LogP) is 1.30. The molecule has 18 heavy (non-hydrogen) atoms. The zero-order valence-electron chi connectivity index (χ0n) is 9.91. The average Bonchev–Trinajstić information content (AvgIpc) is 2.76. The molecule has 1 saturated heterocycles. The van der Waals surface area contributed by atoms with E-state index in [2.05, 4.69) is 4.90 Å². The molecule has 1 aliphatic rings. The van der Waals surface area contributed by atoms with E-state index >= 15 is 0 Å². The summed E-state index contributed by atoms with van der Waals surface area (Å²) in [6.07, 6.45) is 1.34. The van der Waals surface area contributed by atoms with Crippen molar-refractivity contribution in [1.29, 1.82) is 0 Å². The molecule has 1 aliphatic heterocycles. The summed E-state index contributed by atoms with van der Waals surface area (Å²) in [7, 11) is 0. The van der Waals surface area contributed by atoms with Gasteiger partial charge in [-0.05, 0) is 24.5 Å². The lowest BCUT2D eigenvalue weighted by molar-refractivity contribution is -0.384. The van der Waals surface area contributed by atoms with Crippen LogP contribution in [0.15, 0.2) is 24.3 Å². The van der Waals surface area contributed by atoms with Gasteiger partial charge in [0.2, 0.25) is 5.91 Å². The first-order chi connectivity index (χ1) is 8.56. The van der Waals surface area contributed by atoms with Crippen LogP contribution in [0.4, 0.5) is 11.4 Å². The fraction of sp³-hybridized carbons (Fsp3) is 0.417. The van der Waals surface area contributed by atoms with Crippen molar-refractivity contribution >= 4 is 17.3 Å². The molecule has 0 unspecified atom stereocenters. The van der Waals surface area contributed by atoms with Crippen LogP contribution >= 0.6 is 0 Å². The molecule has 1 amide bonds. The number of amides is 1. The highest BCUT2D eigenvalue weighted by atomic mass is 16.6. The maximum Gasteiger partial charge on any atom is 0.269 e. The number of carbonyl (C=O) groups is 1. The second-order valence-electron chi connectivity index (χ2n) is 4.54. The molecule has 1 aromatic rings. The van der Waals surface area contributed by atoms with Gasteiger partial charge >= 0.3 is 0 Å². The van der Waals surface area contributed by atoms with Gasteiger partial charge in [0.15, 0.2) is 0 Å². The fourth-order valence-corrected chi connectivity index (χ4v) is 2.30. The topological polar surface area (TPSA) is 89.5 Å². The molecule has 6 nitrogen and oxygen atoms in total. The number of non-ortho nitro benzene ring substituents is 1. The molecule has 0 spiro atoms. The second kappa shape index (κ2) is 5.03. The molecule has 96 valence electrons. The minimum absolute atomic E-state index is 0.0895. The maximum absolute atomic E-state index is 10.8. The van der Waals surface area contributed by atoms with Gasteiger partial charge in [-0.15, -0.1) is 0 Å². The largest absolute Gasteiger partial charge is 0.371 e. The van der Waals surface area contributed by atoms with Gasteiger partial charge < -0.3 is 10.6 Å². The lowest BCUT2D eigenvalue weighted by atomic mass is 10.1. The summed E-state index contributed by atoms with van der Waals surface area (Å²) in [6, 6.07) is 6.48. The molecular weight excluding hydrogens is 234 g/mol. The Morgan fingerprint density at radius 2 is 2.11 bits per heavy atom. The summed E-state index contributed by atoms with van der Waals surface area (Å²) in [4.78, 5) is 23.1. The Hall–Kier alpha value is -2.11. The van der Waals surface area contributed by atoms with Gasteiger partial charge in [-0.25, -0.2) is 0 Å².